The lowest BCUT2D eigenvalue weighted by Crippen LogP contribution is -2.06. The Hall–Kier alpha value is -1.94. The maximum absolute atomic E-state index is 13.8. The highest BCUT2D eigenvalue weighted by Gasteiger charge is 2.13. The molecule has 0 aliphatic rings. The smallest absolute Gasteiger partial charge is 0.191 e. The Morgan fingerprint density at radius 2 is 1.75 bits per heavy atom. The van der Waals surface area contributed by atoms with Crippen molar-refractivity contribution >= 4 is 0 Å². The lowest BCUT2D eigenvalue weighted by Gasteiger charge is -2.11. The molecule has 0 spiro atoms. The lowest BCUT2D eigenvalue weighted by atomic mass is 10.1. The first-order chi connectivity index (χ1) is 9.61. The van der Waals surface area contributed by atoms with Crippen LogP contribution in [-0.2, 0) is 13.0 Å². The second-order valence-corrected chi connectivity index (χ2v) is 4.64. The van der Waals surface area contributed by atoms with E-state index in [-0.39, 0.29) is 12.4 Å². The molecule has 0 aliphatic heterocycles. The van der Waals surface area contributed by atoms with Gasteiger partial charge in [0.1, 0.15) is 6.61 Å². The van der Waals surface area contributed by atoms with E-state index in [0.29, 0.717) is 18.5 Å². The van der Waals surface area contributed by atoms with E-state index < -0.39 is 11.6 Å². The van der Waals surface area contributed by atoms with Gasteiger partial charge in [-0.05, 0) is 48.7 Å². The van der Waals surface area contributed by atoms with Gasteiger partial charge >= 0.3 is 0 Å². The molecule has 0 fully saturated rings. The molecule has 0 amide bonds. The van der Waals surface area contributed by atoms with Gasteiger partial charge in [0.25, 0.3) is 0 Å². The van der Waals surface area contributed by atoms with Gasteiger partial charge in [0.15, 0.2) is 17.4 Å². The van der Waals surface area contributed by atoms with Crippen molar-refractivity contribution in [3.8, 4) is 5.75 Å². The Balaban J connectivity index is 2.16. The SMILES string of the molecule is Cc1ccccc1COc1c(F)cc(CCN)cc1F. The molecule has 0 heterocycles. The van der Waals surface area contributed by atoms with Crippen molar-refractivity contribution in [1.29, 1.82) is 0 Å². The minimum atomic E-state index is -0.693. The molecule has 2 aromatic carbocycles. The molecule has 0 atom stereocenters. The molecule has 0 bridgehead atoms. The molecule has 0 saturated heterocycles. The molecule has 4 heteroatoms. The lowest BCUT2D eigenvalue weighted by molar-refractivity contribution is 0.273. The molecule has 0 radical (unpaired) electrons. The van der Waals surface area contributed by atoms with Gasteiger partial charge in [-0.2, -0.15) is 0 Å². The maximum atomic E-state index is 13.8. The molecular formula is C16H17F2NO. The molecule has 2 rings (SSSR count). The number of rotatable bonds is 5. The second-order valence-electron chi connectivity index (χ2n) is 4.64. The van der Waals surface area contributed by atoms with Crippen molar-refractivity contribution in [3.05, 3.63) is 64.7 Å². The van der Waals surface area contributed by atoms with E-state index in [1.54, 1.807) is 0 Å². The molecule has 0 aromatic heterocycles. The zero-order chi connectivity index (χ0) is 14.5. The van der Waals surface area contributed by atoms with E-state index in [2.05, 4.69) is 0 Å². The van der Waals surface area contributed by atoms with E-state index >= 15 is 0 Å². The number of benzene rings is 2. The third-order valence-electron chi connectivity index (χ3n) is 3.12. The van der Waals surface area contributed by atoms with Crippen molar-refractivity contribution in [1.82, 2.24) is 0 Å². The van der Waals surface area contributed by atoms with Crippen LogP contribution in [-0.4, -0.2) is 6.54 Å². The van der Waals surface area contributed by atoms with E-state index in [0.717, 1.165) is 11.1 Å². The average molecular weight is 277 g/mol. The van der Waals surface area contributed by atoms with Crippen molar-refractivity contribution in [2.75, 3.05) is 6.54 Å². The predicted octanol–water partition coefficient (Wildman–Crippen LogP) is 3.35. The molecule has 20 heavy (non-hydrogen) atoms. The van der Waals surface area contributed by atoms with E-state index in [1.807, 2.05) is 31.2 Å². The number of nitrogens with two attached hydrogens (primary N) is 1. The molecule has 106 valence electrons. The average Bonchev–Trinajstić information content (AvgIpc) is 2.40. The van der Waals surface area contributed by atoms with Crippen LogP contribution in [0.25, 0.3) is 0 Å². The summed E-state index contributed by atoms with van der Waals surface area (Å²) in [6.45, 7) is 2.41. The summed E-state index contributed by atoms with van der Waals surface area (Å²) in [4.78, 5) is 0. The Labute approximate surface area is 117 Å². The molecule has 2 nitrogen and oxygen atoms in total. The van der Waals surface area contributed by atoms with Gasteiger partial charge in [-0.25, -0.2) is 8.78 Å². The van der Waals surface area contributed by atoms with Crippen LogP contribution in [0.4, 0.5) is 8.78 Å². The van der Waals surface area contributed by atoms with Crippen LogP contribution in [0.1, 0.15) is 16.7 Å². The van der Waals surface area contributed by atoms with Gasteiger partial charge in [0.2, 0.25) is 0 Å². The van der Waals surface area contributed by atoms with Crippen LogP contribution in [0.2, 0.25) is 0 Å². The number of hydrogen-bond donors (Lipinski definition) is 1. The molecule has 2 aromatic rings. The maximum Gasteiger partial charge on any atom is 0.191 e. The highest BCUT2D eigenvalue weighted by molar-refractivity contribution is 5.32. The fourth-order valence-corrected chi connectivity index (χ4v) is 1.98. The number of halogens is 2. The summed E-state index contributed by atoms with van der Waals surface area (Å²) in [5, 5.41) is 0. The van der Waals surface area contributed by atoms with E-state index in [1.165, 1.54) is 12.1 Å². The monoisotopic (exact) mass is 277 g/mol. The Kier molecular flexibility index (Phi) is 4.69. The summed E-state index contributed by atoms with van der Waals surface area (Å²) in [5.74, 6) is -1.72. The van der Waals surface area contributed by atoms with Crippen molar-refractivity contribution in [3.63, 3.8) is 0 Å². The van der Waals surface area contributed by atoms with Gasteiger partial charge in [0.05, 0.1) is 0 Å². The topological polar surface area (TPSA) is 35.2 Å². The minimum Gasteiger partial charge on any atom is -0.483 e. The van der Waals surface area contributed by atoms with Gasteiger partial charge < -0.3 is 10.5 Å². The fourth-order valence-electron chi connectivity index (χ4n) is 1.98. The Morgan fingerprint density at radius 1 is 1.10 bits per heavy atom. The van der Waals surface area contributed by atoms with Crippen molar-refractivity contribution < 1.29 is 13.5 Å². The Morgan fingerprint density at radius 3 is 2.35 bits per heavy atom. The molecule has 2 N–H and O–H groups in total. The van der Waals surface area contributed by atoms with Crippen molar-refractivity contribution in [2.45, 2.75) is 20.0 Å². The van der Waals surface area contributed by atoms with Gasteiger partial charge in [-0.3, -0.25) is 0 Å². The summed E-state index contributed by atoms with van der Waals surface area (Å²) in [7, 11) is 0. The van der Waals surface area contributed by atoms with Gasteiger partial charge in [-0.1, -0.05) is 24.3 Å². The van der Waals surface area contributed by atoms with E-state index in [9.17, 15) is 8.78 Å². The van der Waals surface area contributed by atoms with Crippen LogP contribution in [0.5, 0.6) is 5.75 Å². The highest BCUT2D eigenvalue weighted by Crippen LogP contribution is 2.25. The molecule has 0 aliphatic carbocycles. The third kappa shape index (κ3) is 3.33. The summed E-state index contributed by atoms with van der Waals surface area (Å²) < 4.78 is 32.9. The molecular weight excluding hydrogens is 260 g/mol. The van der Waals surface area contributed by atoms with Crippen LogP contribution in [0.15, 0.2) is 36.4 Å². The number of hydrogen-bond acceptors (Lipinski definition) is 2. The number of aryl methyl sites for hydroxylation is 1. The van der Waals surface area contributed by atoms with Crippen LogP contribution in [0.3, 0.4) is 0 Å². The largest absolute Gasteiger partial charge is 0.483 e. The van der Waals surface area contributed by atoms with Gasteiger partial charge in [0, 0.05) is 0 Å². The molecule has 0 unspecified atom stereocenters. The zero-order valence-electron chi connectivity index (χ0n) is 11.3. The quantitative estimate of drug-likeness (QED) is 0.909. The van der Waals surface area contributed by atoms with Gasteiger partial charge in [-0.15, -0.1) is 0 Å². The van der Waals surface area contributed by atoms with Crippen LogP contribution >= 0.6 is 0 Å². The minimum absolute atomic E-state index is 0.136. The van der Waals surface area contributed by atoms with Crippen LogP contribution < -0.4 is 10.5 Å². The zero-order valence-corrected chi connectivity index (χ0v) is 11.3. The van der Waals surface area contributed by atoms with E-state index in [4.69, 9.17) is 10.5 Å². The first-order valence-electron chi connectivity index (χ1n) is 6.47. The Bertz CT molecular complexity index is 576. The third-order valence-corrected chi connectivity index (χ3v) is 3.12. The molecule has 0 saturated carbocycles. The fraction of sp³-hybridized carbons (Fsp3) is 0.250. The first-order valence-corrected chi connectivity index (χ1v) is 6.47. The summed E-state index contributed by atoms with van der Waals surface area (Å²) in [5.41, 5.74) is 7.83. The predicted molar refractivity (Wildman–Crippen MR) is 74.6 cm³/mol. The summed E-state index contributed by atoms with van der Waals surface area (Å²) >= 11 is 0. The summed E-state index contributed by atoms with van der Waals surface area (Å²) in [6.07, 6.45) is 0.436. The normalized spacial score (nSPS) is 10.6. The highest BCUT2D eigenvalue weighted by atomic mass is 19.1. The van der Waals surface area contributed by atoms with Crippen LogP contribution in [0, 0.1) is 18.6 Å². The standard InChI is InChI=1S/C16H17F2NO/c1-11-4-2-3-5-13(11)10-20-16-14(17)8-12(6-7-19)9-15(16)18/h2-5,8-9H,6-7,10,19H2,1H3. The second kappa shape index (κ2) is 6.48. The number of ether oxygens (including phenoxy) is 1. The summed E-state index contributed by atoms with van der Waals surface area (Å²) in [6, 6.07) is 10.1. The van der Waals surface area contributed by atoms with Crippen molar-refractivity contribution in [2.24, 2.45) is 5.73 Å². The first kappa shape index (κ1) is 14.5.